The summed E-state index contributed by atoms with van der Waals surface area (Å²) in [6.07, 6.45) is 0. The molecule has 0 aromatic heterocycles. The molecule has 13 heavy (non-hydrogen) atoms. The zero-order valence-corrected chi connectivity index (χ0v) is 18.5. The van der Waals surface area contributed by atoms with Crippen molar-refractivity contribution in [2.24, 2.45) is 0 Å². The Balaban J connectivity index is 5.04. The maximum absolute atomic E-state index is 3.93. The van der Waals surface area contributed by atoms with E-state index in [2.05, 4.69) is 134 Å². The second-order valence-electron chi connectivity index (χ2n) is 2.20. The van der Waals surface area contributed by atoms with Crippen LogP contribution in [0.25, 0.3) is 0 Å². The Bertz CT molecular complexity index is 177. The lowest BCUT2D eigenvalue weighted by atomic mass is 10.3. The minimum absolute atomic E-state index is 0.0116. The van der Waals surface area contributed by atoms with Crippen LogP contribution in [-0.4, -0.2) is 13.4 Å². The lowest BCUT2D eigenvalue weighted by Gasteiger charge is -2.42. The molecule has 0 aromatic rings. The van der Waals surface area contributed by atoms with Gasteiger partial charge in [0.05, 0.1) is 3.74 Å². The van der Waals surface area contributed by atoms with E-state index >= 15 is 0 Å². The van der Waals surface area contributed by atoms with Crippen LogP contribution >= 0.6 is 127 Å². The Kier molecular flexibility index (Phi) is 7.32. The largest absolute Gasteiger partial charge is 0.132 e. The molecule has 0 saturated carbocycles. The first kappa shape index (κ1) is 16.8. The minimum atomic E-state index is -0.584. The first-order valence-electron chi connectivity index (χ1n) is 2.71. The smallest absolute Gasteiger partial charge is 0.0739 e. The van der Waals surface area contributed by atoms with Crippen LogP contribution < -0.4 is 0 Å². The van der Waals surface area contributed by atoms with Gasteiger partial charge in [0.1, 0.15) is 9.70 Å². The number of rotatable bonds is 3. The molecule has 0 unspecified atom stereocenters. The molecular weight excluding hydrogens is 699 g/mol. The third-order valence-electron chi connectivity index (χ3n) is 1.15. The first-order valence-corrected chi connectivity index (χ1v) is 9.30. The normalized spacial score (nSPS) is 15.2. The van der Waals surface area contributed by atoms with Gasteiger partial charge in [-0.2, -0.15) is 0 Å². The molecule has 0 amide bonds. The van der Waals surface area contributed by atoms with E-state index < -0.39 is 9.70 Å². The van der Waals surface area contributed by atoms with Gasteiger partial charge >= 0.3 is 0 Å². The van der Waals surface area contributed by atoms with Crippen molar-refractivity contribution in [3.63, 3.8) is 0 Å². The van der Waals surface area contributed by atoms with Crippen molar-refractivity contribution < 1.29 is 0 Å². The van der Waals surface area contributed by atoms with Gasteiger partial charge in [-0.1, -0.05) is 127 Å². The SMILES string of the molecule is [CH2]C(Br)(Br)C(Br)(Br)C(Br)(Br)C(Br)Br. The predicted molar refractivity (Wildman–Crippen MR) is 88.8 cm³/mol. The highest BCUT2D eigenvalue weighted by molar-refractivity contribution is 9.34. The number of halogens is 8. The molecule has 0 aliphatic rings. The van der Waals surface area contributed by atoms with Gasteiger partial charge in [0.2, 0.25) is 0 Å². The summed E-state index contributed by atoms with van der Waals surface area (Å²) in [4.78, 5) is 0. The lowest BCUT2D eigenvalue weighted by molar-refractivity contribution is 0.796. The van der Waals surface area contributed by atoms with E-state index in [1.807, 2.05) is 0 Å². The Hall–Kier alpha value is 3.84. The van der Waals surface area contributed by atoms with E-state index in [-0.39, 0.29) is 3.74 Å². The van der Waals surface area contributed by atoms with Gasteiger partial charge in [-0.3, -0.25) is 0 Å². The van der Waals surface area contributed by atoms with Gasteiger partial charge in [0.15, 0.2) is 0 Å². The predicted octanol–water partition coefficient (Wildman–Crippen LogP) is 6.39. The van der Waals surface area contributed by atoms with Crippen LogP contribution in [0.3, 0.4) is 0 Å². The Morgan fingerprint density at radius 1 is 0.846 bits per heavy atom. The second kappa shape index (κ2) is 5.65. The maximum atomic E-state index is 3.93. The molecule has 79 valence electrons. The molecule has 0 N–H and O–H groups in total. The zero-order chi connectivity index (χ0) is 11.1. The third kappa shape index (κ3) is 3.91. The summed E-state index contributed by atoms with van der Waals surface area (Å²) >= 11 is 27.8. The molecule has 8 heteroatoms. The average molecular weight is 702 g/mol. The van der Waals surface area contributed by atoms with Crippen molar-refractivity contribution in [3.8, 4) is 0 Å². The lowest BCUT2D eigenvalue weighted by Crippen LogP contribution is -2.49. The highest BCUT2D eigenvalue weighted by Crippen LogP contribution is 2.62. The molecular formula is C5H3Br8. The van der Waals surface area contributed by atoms with Crippen LogP contribution in [0, 0.1) is 6.92 Å². The summed E-state index contributed by atoms with van der Waals surface area (Å²) in [5.74, 6) is 0. The van der Waals surface area contributed by atoms with Crippen molar-refractivity contribution in [1.82, 2.24) is 0 Å². The fraction of sp³-hybridized carbons (Fsp3) is 0.800. The number of alkyl halides is 8. The van der Waals surface area contributed by atoms with Crippen molar-refractivity contribution in [3.05, 3.63) is 6.92 Å². The van der Waals surface area contributed by atoms with E-state index in [4.69, 9.17) is 0 Å². The molecule has 0 saturated heterocycles. The average Bonchev–Trinajstić information content (AvgIpc) is 1.84. The summed E-state index contributed by atoms with van der Waals surface area (Å²) in [5.41, 5.74) is 0. The van der Waals surface area contributed by atoms with Crippen molar-refractivity contribution in [2.45, 2.75) is 13.4 Å². The summed E-state index contributed by atoms with van der Waals surface area (Å²) in [5, 5.41) is 0. The quantitative estimate of drug-likeness (QED) is 0.299. The molecule has 0 bridgehead atoms. The number of hydrogen-bond acceptors (Lipinski definition) is 0. The second-order valence-corrected chi connectivity index (χ2v) is 16.0. The minimum Gasteiger partial charge on any atom is -0.0739 e. The van der Waals surface area contributed by atoms with E-state index in [9.17, 15) is 0 Å². The van der Waals surface area contributed by atoms with Crippen LogP contribution in [0.2, 0.25) is 0 Å². The van der Waals surface area contributed by atoms with Crippen LogP contribution in [0.1, 0.15) is 0 Å². The van der Waals surface area contributed by atoms with Gasteiger partial charge in [-0.05, 0) is 6.92 Å². The first-order chi connectivity index (χ1) is 5.44. The van der Waals surface area contributed by atoms with Gasteiger partial charge in [0, 0.05) is 0 Å². The van der Waals surface area contributed by atoms with E-state index in [1.165, 1.54) is 0 Å². The molecule has 0 aliphatic heterocycles. The topological polar surface area (TPSA) is 0 Å². The third-order valence-corrected chi connectivity index (χ3v) is 15.1. The monoisotopic (exact) mass is 694 g/mol. The Labute approximate surface area is 145 Å². The molecule has 1 radical (unpaired) electrons. The van der Waals surface area contributed by atoms with Crippen LogP contribution in [0.15, 0.2) is 0 Å². The standard InChI is InChI=1S/C5H3Br8/c1-3(8,9)5(12,13)4(10,11)2(6)7/h2H,1H2. The highest BCUT2D eigenvalue weighted by Gasteiger charge is 2.57. The van der Waals surface area contributed by atoms with Gasteiger partial charge < -0.3 is 0 Å². The Morgan fingerprint density at radius 3 is 1.23 bits per heavy atom. The van der Waals surface area contributed by atoms with Crippen LogP contribution in [0.4, 0.5) is 0 Å². The van der Waals surface area contributed by atoms with Crippen molar-refractivity contribution in [1.29, 1.82) is 0 Å². The van der Waals surface area contributed by atoms with E-state index in [0.717, 1.165) is 0 Å². The molecule has 0 heterocycles. The molecule has 0 aromatic carbocycles. The van der Waals surface area contributed by atoms with Gasteiger partial charge in [0.25, 0.3) is 0 Å². The number of hydrogen-bond donors (Lipinski definition) is 0. The van der Waals surface area contributed by atoms with Gasteiger partial charge in [-0.25, -0.2) is 0 Å². The molecule has 0 fully saturated rings. The molecule has 0 rings (SSSR count). The summed E-state index contributed by atoms with van der Waals surface area (Å²) < 4.78 is -1.64. The summed E-state index contributed by atoms with van der Waals surface area (Å²) in [6.45, 7) is 3.93. The molecule has 0 aliphatic carbocycles. The highest BCUT2D eigenvalue weighted by atomic mass is 79.9. The summed E-state index contributed by atoms with van der Waals surface area (Å²) in [7, 11) is 0. The van der Waals surface area contributed by atoms with Gasteiger partial charge in [-0.15, -0.1) is 0 Å². The van der Waals surface area contributed by atoms with Crippen molar-refractivity contribution >= 4 is 127 Å². The van der Waals surface area contributed by atoms with Crippen LogP contribution in [0.5, 0.6) is 0 Å². The fourth-order valence-corrected chi connectivity index (χ4v) is 5.12. The van der Waals surface area contributed by atoms with Crippen LogP contribution in [-0.2, 0) is 0 Å². The zero-order valence-electron chi connectivity index (χ0n) is 5.81. The fourth-order valence-electron chi connectivity index (χ4n) is 0.381. The maximum Gasteiger partial charge on any atom is 0.132 e. The Morgan fingerprint density at radius 2 is 1.15 bits per heavy atom. The van der Waals surface area contributed by atoms with Crippen molar-refractivity contribution in [2.75, 3.05) is 0 Å². The molecule has 0 nitrogen and oxygen atoms in total. The molecule has 0 atom stereocenters. The molecule has 0 spiro atoms. The van der Waals surface area contributed by atoms with E-state index in [1.54, 1.807) is 0 Å². The van der Waals surface area contributed by atoms with E-state index in [0.29, 0.717) is 0 Å². The summed E-state index contributed by atoms with van der Waals surface area (Å²) in [6, 6.07) is 0.